The highest BCUT2D eigenvalue weighted by Crippen LogP contribution is 2.65. The molecule has 0 aromatic rings. The second-order valence-corrected chi connectivity index (χ2v) is 9.22. The molecule has 2 rings (SSSR count). The van der Waals surface area contributed by atoms with Crippen molar-refractivity contribution >= 4 is 11.7 Å². The quantitative estimate of drug-likeness (QED) is 0.739. The fourth-order valence-corrected chi connectivity index (χ4v) is 3.67. The first-order valence-corrected chi connectivity index (χ1v) is 7.65. The number of hydrogen-bond acceptors (Lipinski definition) is 2. The summed E-state index contributed by atoms with van der Waals surface area (Å²) in [6.45, 7) is 16.9. The van der Waals surface area contributed by atoms with Crippen molar-refractivity contribution in [2.24, 2.45) is 28.1 Å². The minimum absolute atomic E-state index is 0.114. The Balaban J connectivity index is 2.32. The number of rotatable bonds is 1. The van der Waals surface area contributed by atoms with Crippen molar-refractivity contribution in [3.8, 4) is 0 Å². The summed E-state index contributed by atoms with van der Waals surface area (Å²) in [7, 11) is 0. The van der Waals surface area contributed by atoms with E-state index in [1.54, 1.807) is 0 Å². The molecule has 114 valence electrons. The zero-order valence-corrected chi connectivity index (χ0v) is 14.2. The van der Waals surface area contributed by atoms with Gasteiger partial charge in [-0.15, -0.1) is 0 Å². The van der Waals surface area contributed by atoms with Gasteiger partial charge in [0.2, 0.25) is 5.91 Å². The molecule has 3 atom stereocenters. The van der Waals surface area contributed by atoms with Crippen molar-refractivity contribution in [1.29, 1.82) is 0 Å². The molecule has 0 aromatic carbocycles. The van der Waals surface area contributed by atoms with Crippen LogP contribution in [0, 0.1) is 28.1 Å². The van der Waals surface area contributed by atoms with Crippen LogP contribution in [0.4, 0.5) is 0 Å². The van der Waals surface area contributed by atoms with Gasteiger partial charge in [0.25, 0.3) is 0 Å². The monoisotopic (exact) mass is 279 g/mol. The van der Waals surface area contributed by atoms with Gasteiger partial charge in [0, 0.05) is 17.4 Å². The van der Waals surface area contributed by atoms with Gasteiger partial charge in [-0.2, -0.15) is 0 Å². The van der Waals surface area contributed by atoms with E-state index in [0.717, 1.165) is 6.54 Å². The molecule has 1 saturated carbocycles. The van der Waals surface area contributed by atoms with Crippen LogP contribution in [-0.4, -0.2) is 29.2 Å². The Bertz CT molecular complexity index is 451. The molecule has 0 bridgehead atoms. The fraction of sp³-hybridized carbons (Fsp3) is 0.882. The van der Waals surface area contributed by atoms with Crippen LogP contribution in [-0.2, 0) is 9.59 Å². The summed E-state index contributed by atoms with van der Waals surface area (Å²) >= 11 is 0. The summed E-state index contributed by atoms with van der Waals surface area (Å²) < 4.78 is 0. The third-order valence-corrected chi connectivity index (χ3v) is 5.12. The largest absolute Gasteiger partial charge is 0.332 e. The highest BCUT2D eigenvalue weighted by molar-refractivity contribution is 5.95. The molecule has 1 aliphatic heterocycles. The van der Waals surface area contributed by atoms with Gasteiger partial charge in [-0.05, 0) is 17.3 Å². The van der Waals surface area contributed by atoms with Gasteiger partial charge in [-0.1, -0.05) is 55.4 Å². The van der Waals surface area contributed by atoms with Crippen LogP contribution in [0.1, 0.15) is 55.4 Å². The minimum Gasteiger partial charge on any atom is -0.332 e. The van der Waals surface area contributed by atoms with Crippen LogP contribution in [0.5, 0.6) is 0 Å². The molecular weight excluding hydrogens is 250 g/mol. The van der Waals surface area contributed by atoms with E-state index in [1.165, 1.54) is 0 Å². The lowest BCUT2D eigenvalue weighted by molar-refractivity contribution is -0.148. The molecule has 3 nitrogen and oxygen atoms in total. The number of amides is 1. The maximum Gasteiger partial charge on any atom is 0.228 e. The molecule has 1 amide bonds. The van der Waals surface area contributed by atoms with Crippen LogP contribution in [0.25, 0.3) is 0 Å². The maximum atomic E-state index is 12.8. The molecule has 1 saturated heterocycles. The van der Waals surface area contributed by atoms with E-state index in [0.29, 0.717) is 11.8 Å². The van der Waals surface area contributed by atoms with Crippen molar-refractivity contribution in [3.05, 3.63) is 0 Å². The van der Waals surface area contributed by atoms with Crippen molar-refractivity contribution in [3.63, 3.8) is 0 Å². The number of ketones is 1. The average molecular weight is 279 g/mol. The minimum atomic E-state index is -0.419. The van der Waals surface area contributed by atoms with Crippen molar-refractivity contribution < 1.29 is 9.59 Å². The number of Topliss-reactive ketones (excluding diaryl/α,β-unsaturated/α-hetero) is 1. The van der Waals surface area contributed by atoms with E-state index < -0.39 is 10.8 Å². The molecular formula is C17H29NO2. The van der Waals surface area contributed by atoms with Crippen LogP contribution in [0.2, 0.25) is 0 Å². The molecule has 1 heterocycles. The van der Waals surface area contributed by atoms with Crippen LogP contribution in [0.3, 0.4) is 0 Å². The first kappa shape index (κ1) is 15.5. The number of piperidine rings is 1. The summed E-state index contributed by atoms with van der Waals surface area (Å²) in [5.74, 6) is 1.17. The standard InChI is InChI=1S/C17H29NO2/c1-15(2,3)13(19)12-11-10(17(11,7)8)9-18(12)14(20)16(4,5)6/h10-12H,9H2,1-8H3. The zero-order valence-electron chi connectivity index (χ0n) is 14.2. The Morgan fingerprint density at radius 3 is 1.90 bits per heavy atom. The fourth-order valence-electron chi connectivity index (χ4n) is 3.67. The lowest BCUT2D eigenvalue weighted by atomic mass is 9.82. The number of carbonyl (C=O) groups is 2. The lowest BCUT2D eigenvalue weighted by Gasteiger charge is -2.37. The molecule has 20 heavy (non-hydrogen) atoms. The van der Waals surface area contributed by atoms with Crippen LogP contribution < -0.4 is 0 Å². The maximum absolute atomic E-state index is 12.8. The van der Waals surface area contributed by atoms with Gasteiger partial charge >= 0.3 is 0 Å². The SMILES string of the molecule is CC(C)(C)C(=O)C1C2C(CN1C(=O)C(C)(C)C)C2(C)C. The third-order valence-electron chi connectivity index (χ3n) is 5.12. The van der Waals surface area contributed by atoms with Gasteiger partial charge < -0.3 is 4.90 Å². The van der Waals surface area contributed by atoms with E-state index in [9.17, 15) is 9.59 Å². The Kier molecular flexibility index (Phi) is 3.17. The predicted molar refractivity (Wildman–Crippen MR) is 80.2 cm³/mol. The highest BCUT2D eigenvalue weighted by Gasteiger charge is 2.70. The van der Waals surface area contributed by atoms with Crippen LogP contribution in [0.15, 0.2) is 0 Å². The molecule has 2 fully saturated rings. The normalized spacial score (nSPS) is 32.0. The molecule has 0 spiro atoms. The smallest absolute Gasteiger partial charge is 0.228 e. The number of likely N-dealkylation sites (tertiary alicyclic amines) is 1. The van der Waals surface area contributed by atoms with E-state index >= 15 is 0 Å². The average Bonchev–Trinajstić information content (AvgIpc) is 2.65. The molecule has 0 N–H and O–H groups in total. The first-order valence-electron chi connectivity index (χ1n) is 7.65. The van der Waals surface area contributed by atoms with Crippen molar-refractivity contribution in [1.82, 2.24) is 4.90 Å². The Labute approximate surface area is 123 Å². The molecule has 0 radical (unpaired) electrons. The van der Waals surface area contributed by atoms with E-state index in [-0.39, 0.29) is 23.1 Å². The van der Waals surface area contributed by atoms with Gasteiger partial charge in [0.1, 0.15) is 0 Å². The Hall–Kier alpha value is -0.860. The third kappa shape index (κ3) is 2.19. The topological polar surface area (TPSA) is 37.4 Å². The lowest BCUT2D eigenvalue weighted by Crippen LogP contribution is -2.52. The number of hydrogen-bond donors (Lipinski definition) is 0. The van der Waals surface area contributed by atoms with Gasteiger partial charge in [0.05, 0.1) is 6.04 Å². The molecule has 1 aliphatic carbocycles. The van der Waals surface area contributed by atoms with E-state index in [2.05, 4.69) is 13.8 Å². The summed E-state index contributed by atoms with van der Waals surface area (Å²) in [4.78, 5) is 27.4. The second kappa shape index (κ2) is 4.08. The van der Waals surface area contributed by atoms with Gasteiger partial charge in [-0.3, -0.25) is 9.59 Å². The highest BCUT2D eigenvalue weighted by atomic mass is 16.2. The van der Waals surface area contributed by atoms with Crippen molar-refractivity contribution in [2.45, 2.75) is 61.4 Å². The molecule has 3 unspecified atom stereocenters. The number of fused-ring (bicyclic) bond motifs is 1. The Morgan fingerprint density at radius 2 is 1.50 bits per heavy atom. The van der Waals surface area contributed by atoms with E-state index in [1.807, 2.05) is 46.4 Å². The summed E-state index contributed by atoms with van der Waals surface area (Å²) in [6.07, 6.45) is 0. The molecule has 3 heteroatoms. The van der Waals surface area contributed by atoms with Gasteiger partial charge in [0.15, 0.2) is 5.78 Å². The Morgan fingerprint density at radius 1 is 1.00 bits per heavy atom. The second-order valence-electron chi connectivity index (χ2n) is 9.22. The van der Waals surface area contributed by atoms with Gasteiger partial charge in [-0.25, -0.2) is 0 Å². The molecule has 2 aliphatic rings. The number of nitrogens with zero attached hydrogens (tertiary/aromatic N) is 1. The summed E-state index contributed by atoms with van der Waals surface area (Å²) in [5.41, 5.74) is -0.605. The molecule has 0 aromatic heterocycles. The van der Waals surface area contributed by atoms with E-state index in [4.69, 9.17) is 0 Å². The summed E-state index contributed by atoms with van der Waals surface area (Å²) in [5, 5.41) is 0. The first-order chi connectivity index (χ1) is 8.79. The van der Waals surface area contributed by atoms with Crippen molar-refractivity contribution in [2.75, 3.05) is 6.54 Å². The van der Waals surface area contributed by atoms with Crippen LogP contribution >= 0.6 is 0 Å². The zero-order chi connectivity index (χ0) is 15.7. The predicted octanol–water partition coefficient (Wildman–Crippen LogP) is 3.13. The number of carbonyl (C=O) groups excluding carboxylic acids is 2. The summed E-state index contributed by atoms with van der Waals surface area (Å²) in [6, 6.07) is -0.221.